The first-order chi connectivity index (χ1) is 6.29. The molecule has 0 radical (unpaired) electrons. The van der Waals surface area contributed by atoms with Crippen LogP contribution in [0.25, 0.3) is 0 Å². The summed E-state index contributed by atoms with van der Waals surface area (Å²) in [7, 11) is 1.54. The highest BCUT2D eigenvalue weighted by atomic mass is 35.5. The molecule has 0 saturated carbocycles. The monoisotopic (exact) mass is 200 g/mol. The highest BCUT2D eigenvalue weighted by Crippen LogP contribution is 2.29. The van der Waals surface area contributed by atoms with Crippen LogP contribution >= 0.6 is 11.6 Å². The molecule has 0 bridgehead atoms. The van der Waals surface area contributed by atoms with Crippen molar-refractivity contribution in [3.8, 4) is 11.5 Å². The average molecular weight is 201 g/mol. The Kier molecular flexibility index (Phi) is 3.90. The van der Waals surface area contributed by atoms with E-state index in [0.29, 0.717) is 11.6 Å². The maximum Gasteiger partial charge on any atom is 0.160 e. The summed E-state index contributed by atoms with van der Waals surface area (Å²) in [6.45, 7) is 0. The molecule has 1 aromatic carbocycles. The molecule has 0 heterocycles. The molecule has 1 aromatic rings. The molecule has 3 heteroatoms. The summed E-state index contributed by atoms with van der Waals surface area (Å²) in [4.78, 5) is 0. The lowest BCUT2D eigenvalue weighted by Crippen LogP contribution is -1.90. The predicted molar refractivity (Wildman–Crippen MR) is 53.7 cm³/mol. The van der Waals surface area contributed by atoms with Gasteiger partial charge in [-0.15, -0.1) is 11.6 Å². The Morgan fingerprint density at radius 3 is 2.85 bits per heavy atom. The van der Waals surface area contributed by atoms with E-state index in [1.165, 1.54) is 0 Å². The first kappa shape index (κ1) is 10.2. The lowest BCUT2D eigenvalue weighted by Gasteiger charge is -2.07. The van der Waals surface area contributed by atoms with E-state index in [4.69, 9.17) is 16.3 Å². The fraction of sp³-hybridized carbons (Fsp3) is 0.400. The molecular formula is C10H13ClO2. The van der Waals surface area contributed by atoms with Gasteiger partial charge in [-0.3, -0.25) is 0 Å². The second-order valence-corrected chi connectivity index (χ2v) is 3.14. The van der Waals surface area contributed by atoms with Crippen molar-refractivity contribution in [3.05, 3.63) is 23.8 Å². The van der Waals surface area contributed by atoms with Crippen LogP contribution in [0.3, 0.4) is 0 Å². The number of methoxy groups -OCH3 is 1. The normalized spacial score (nSPS) is 10.0. The van der Waals surface area contributed by atoms with Gasteiger partial charge in [0.25, 0.3) is 0 Å². The Bertz CT molecular complexity index is 274. The number of aromatic hydroxyl groups is 1. The summed E-state index contributed by atoms with van der Waals surface area (Å²) in [5, 5.41) is 9.65. The molecule has 0 unspecified atom stereocenters. The van der Waals surface area contributed by atoms with Gasteiger partial charge in [0, 0.05) is 5.88 Å². The first-order valence-electron chi connectivity index (χ1n) is 4.20. The van der Waals surface area contributed by atoms with Crippen LogP contribution in [0, 0.1) is 0 Å². The lowest BCUT2D eigenvalue weighted by atomic mass is 10.1. The number of hydrogen-bond acceptors (Lipinski definition) is 2. The quantitative estimate of drug-likeness (QED) is 0.758. The highest BCUT2D eigenvalue weighted by Gasteiger charge is 2.05. The van der Waals surface area contributed by atoms with E-state index in [1.807, 2.05) is 12.1 Å². The molecule has 0 aliphatic rings. The van der Waals surface area contributed by atoms with Gasteiger partial charge in [-0.25, -0.2) is 0 Å². The van der Waals surface area contributed by atoms with Crippen LogP contribution in [-0.4, -0.2) is 18.1 Å². The minimum Gasteiger partial charge on any atom is -0.504 e. The van der Waals surface area contributed by atoms with Gasteiger partial charge in [-0.2, -0.15) is 0 Å². The molecule has 0 spiro atoms. The number of alkyl halides is 1. The summed E-state index contributed by atoms with van der Waals surface area (Å²) in [6, 6.07) is 5.48. The van der Waals surface area contributed by atoms with Crippen LogP contribution in [0.4, 0.5) is 0 Å². The second-order valence-electron chi connectivity index (χ2n) is 2.76. The summed E-state index contributed by atoms with van der Waals surface area (Å²) in [5.74, 6) is 1.36. The van der Waals surface area contributed by atoms with Crippen molar-refractivity contribution in [2.75, 3.05) is 13.0 Å². The number of benzene rings is 1. The number of phenols is 1. The number of phenolic OH excluding ortho intramolecular Hbond substituents is 1. The Hall–Kier alpha value is -0.890. The molecule has 0 aliphatic carbocycles. The topological polar surface area (TPSA) is 29.5 Å². The molecule has 0 atom stereocenters. The molecule has 13 heavy (non-hydrogen) atoms. The third-order valence-electron chi connectivity index (χ3n) is 1.88. The zero-order valence-electron chi connectivity index (χ0n) is 7.59. The fourth-order valence-electron chi connectivity index (χ4n) is 1.19. The minimum absolute atomic E-state index is 0.232. The van der Waals surface area contributed by atoms with E-state index < -0.39 is 0 Å². The summed E-state index contributed by atoms with van der Waals surface area (Å²) >= 11 is 5.56. The van der Waals surface area contributed by atoms with Crippen molar-refractivity contribution >= 4 is 11.6 Å². The van der Waals surface area contributed by atoms with Crippen molar-refractivity contribution in [1.82, 2.24) is 0 Å². The number of halogens is 1. The van der Waals surface area contributed by atoms with E-state index in [0.717, 1.165) is 18.4 Å². The van der Waals surface area contributed by atoms with Gasteiger partial charge < -0.3 is 9.84 Å². The maximum atomic E-state index is 9.65. The van der Waals surface area contributed by atoms with Gasteiger partial charge in [0.15, 0.2) is 11.5 Å². The standard InChI is InChI=1S/C10H13ClO2/c1-13-9-6-2-4-8(10(9)12)5-3-7-11/h2,4,6,12H,3,5,7H2,1H3. The second kappa shape index (κ2) is 4.97. The van der Waals surface area contributed by atoms with Crippen LogP contribution in [0.1, 0.15) is 12.0 Å². The molecular weight excluding hydrogens is 188 g/mol. The van der Waals surface area contributed by atoms with Crippen LogP contribution in [0.2, 0.25) is 0 Å². The van der Waals surface area contributed by atoms with Crippen LogP contribution in [0.15, 0.2) is 18.2 Å². The van der Waals surface area contributed by atoms with Crippen LogP contribution in [-0.2, 0) is 6.42 Å². The SMILES string of the molecule is COc1cccc(CCCCl)c1O. The van der Waals surface area contributed by atoms with Crippen molar-refractivity contribution in [2.45, 2.75) is 12.8 Å². The van der Waals surface area contributed by atoms with E-state index >= 15 is 0 Å². The summed E-state index contributed by atoms with van der Waals surface area (Å²) in [5.41, 5.74) is 0.889. The lowest BCUT2D eigenvalue weighted by molar-refractivity contribution is 0.370. The van der Waals surface area contributed by atoms with Crippen LogP contribution in [0.5, 0.6) is 11.5 Å². The van der Waals surface area contributed by atoms with Crippen molar-refractivity contribution in [3.63, 3.8) is 0 Å². The smallest absolute Gasteiger partial charge is 0.160 e. The van der Waals surface area contributed by atoms with E-state index in [9.17, 15) is 5.11 Å². The van der Waals surface area contributed by atoms with E-state index in [2.05, 4.69) is 0 Å². The van der Waals surface area contributed by atoms with E-state index in [-0.39, 0.29) is 5.75 Å². The molecule has 0 aromatic heterocycles. The van der Waals surface area contributed by atoms with Gasteiger partial charge in [-0.1, -0.05) is 12.1 Å². The van der Waals surface area contributed by atoms with Crippen LogP contribution < -0.4 is 4.74 Å². The molecule has 72 valence electrons. The Balaban J connectivity index is 2.81. The Labute approximate surface area is 83.1 Å². The van der Waals surface area contributed by atoms with Gasteiger partial charge >= 0.3 is 0 Å². The van der Waals surface area contributed by atoms with Gasteiger partial charge in [0.05, 0.1) is 7.11 Å². The molecule has 2 nitrogen and oxygen atoms in total. The number of hydrogen-bond donors (Lipinski definition) is 1. The summed E-state index contributed by atoms with van der Waals surface area (Å²) in [6.07, 6.45) is 1.65. The zero-order chi connectivity index (χ0) is 9.68. The van der Waals surface area contributed by atoms with Crippen molar-refractivity contribution < 1.29 is 9.84 Å². The number of aryl methyl sites for hydroxylation is 1. The Morgan fingerprint density at radius 1 is 1.46 bits per heavy atom. The van der Waals surface area contributed by atoms with Gasteiger partial charge in [-0.05, 0) is 24.5 Å². The third-order valence-corrected chi connectivity index (χ3v) is 2.15. The maximum absolute atomic E-state index is 9.65. The van der Waals surface area contributed by atoms with Gasteiger partial charge in [0.2, 0.25) is 0 Å². The summed E-state index contributed by atoms with van der Waals surface area (Å²) < 4.78 is 4.98. The molecule has 0 fully saturated rings. The molecule has 0 amide bonds. The Morgan fingerprint density at radius 2 is 2.23 bits per heavy atom. The number of rotatable bonds is 4. The molecule has 1 rings (SSSR count). The highest BCUT2D eigenvalue weighted by molar-refractivity contribution is 6.17. The average Bonchev–Trinajstić information content (AvgIpc) is 2.16. The van der Waals surface area contributed by atoms with Crippen molar-refractivity contribution in [1.29, 1.82) is 0 Å². The number of ether oxygens (including phenoxy) is 1. The number of para-hydroxylation sites is 1. The fourth-order valence-corrected chi connectivity index (χ4v) is 1.33. The van der Waals surface area contributed by atoms with E-state index in [1.54, 1.807) is 13.2 Å². The third kappa shape index (κ3) is 2.52. The molecule has 0 aliphatic heterocycles. The molecule has 0 saturated heterocycles. The predicted octanol–water partition coefficient (Wildman–Crippen LogP) is 2.57. The zero-order valence-corrected chi connectivity index (χ0v) is 8.34. The molecule has 1 N–H and O–H groups in total. The minimum atomic E-state index is 0.232. The first-order valence-corrected chi connectivity index (χ1v) is 4.74. The van der Waals surface area contributed by atoms with Gasteiger partial charge in [0.1, 0.15) is 0 Å². The largest absolute Gasteiger partial charge is 0.504 e. The van der Waals surface area contributed by atoms with Crippen molar-refractivity contribution in [2.24, 2.45) is 0 Å².